The standard InChI is InChI=1S/C52H36N2S/c1-5-19-37(20-6-1)44-29-15-17-31-48(44)53(41-25-9-3-10-26-41)43-35-47-46-33-39-23-13-14-24-40(39)34-51(46)55-52(47)50(36-43)54(42-27-11-4-12-28-42)49-32-18-16-30-45(49)38-21-7-2-8-22-38/h1-36H. The van der Waals surface area contributed by atoms with Crippen molar-refractivity contribution in [3.05, 3.63) is 218 Å². The van der Waals surface area contributed by atoms with E-state index in [0.717, 1.165) is 34.1 Å². The van der Waals surface area contributed by atoms with Crippen molar-refractivity contribution in [1.29, 1.82) is 0 Å². The minimum Gasteiger partial charge on any atom is -0.310 e. The van der Waals surface area contributed by atoms with E-state index in [9.17, 15) is 0 Å². The van der Waals surface area contributed by atoms with Gasteiger partial charge in [0.1, 0.15) is 0 Å². The van der Waals surface area contributed by atoms with Crippen LogP contribution in [0, 0.1) is 0 Å². The highest BCUT2D eigenvalue weighted by Gasteiger charge is 2.25. The first-order chi connectivity index (χ1) is 27.3. The second-order valence-electron chi connectivity index (χ2n) is 13.7. The first kappa shape index (κ1) is 32.7. The van der Waals surface area contributed by atoms with E-state index in [1.54, 1.807) is 0 Å². The van der Waals surface area contributed by atoms with Crippen LogP contribution in [-0.2, 0) is 0 Å². The zero-order valence-corrected chi connectivity index (χ0v) is 30.9. The van der Waals surface area contributed by atoms with Gasteiger partial charge in [-0.05, 0) is 82.6 Å². The first-order valence-electron chi connectivity index (χ1n) is 18.7. The molecule has 0 atom stereocenters. The Morgan fingerprint density at radius 1 is 0.309 bits per heavy atom. The quantitative estimate of drug-likeness (QED) is 0.154. The van der Waals surface area contributed by atoms with Gasteiger partial charge in [0.05, 0.1) is 21.8 Å². The minimum atomic E-state index is 1.09. The number of benzene rings is 9. The Hall–Kier alpha value is -6.94. The van der Waals surface area contributed by atoms with Crippen molar-refractivity contribution in [1.82, 2.24) is 0 Å². The Morgan fingerprint density at radius 3 is 1.35 bits per heavy atom. The number of hydrogen-bond acceptors (Lipinski definition) is 3. The van der Waals surface area contributed by atoms with E-state index in [-0.39, 0.29) is 0 Å². The maximum absolute atomic E-state index is 2.47. The van der Waals surface area contributed by atoms with Crippen LogP contribution in [0.5, 0.6) is 0 Å². The van der Waals surface area contributed by atoms with E-state index in [1.165, 1.54) is 53.2 Å². The summed E-state index contributed by atoms with van der Waals surface area (Å²) >= 11 is 1.87. The topological polar surface area (TPSA) is 6.48 Å². The van der Waals surface area contributed by atoms with Gasteiger partial charge in [-0.1, -0.05) is 158 Å². The molecule has 0 aliphatic rings. The summed E-state index contributed by atoms with van der Waals surface area (Å²) in [6.45, 7) is 0. The normalized spacial score (nSPS) is 11.3. The van der Waals surface area contributed by atoms with Crippen molar-refractivity contribution in [2.45, 2.75) is 0 Å². The Morgan fingerprint density at radius 2 is 0.764 bits per heavy atom. The van der Waals surface area contributed by atoms with E-state index < -0.39 is 0 Å². The predicted octanol–water partition coefficient (Wildman–Crippen LogP) is 15.5. The summed E-state index contributed by atoms with van der Waals surface area (Å²) in [7, 11) is 0. The molecule has 0 saturated carbocycles. The van der Waals surface area contributed by atoms with E-state index in [2.05, 4.69) is 228 Å². The van der Waals surface area contributed by atoms with Crippen LogP contribution >= 0.6 is 11.3 Å². The third-order valence-corrected chi connectivity index (χ3v) is 11.6. The summed E-state index contributed by atoms with van der Waals surface area (Å²) in [5.41, 5.74) is 11.3. The van der Waals surface area contributed by atoms with Gasteiger partial charge in [0.15, 0.2) is 0 Å². The molecule has 3 heteroatoms. The highest BCUT2D eigenvalue weighted by atomic mass is 32.1. The molecule has 1 heterocycles. The monoisotopic (exact) mass is 720 g/mol. The molecule has 0 N–H and O–H groups in total. The van der Waals surface area contributed by atoms with Crippen molar-refractivity contribution < 1.29 is 0 Å². The number of hydrogen-bond donors (Lipinski definition) is 0. The third kappa shape index (κ3) is 6.01. The summed E-state index contributed by atoms with van der Waals surface area (Å²) in [5, 5.41) is 4.98. The van der Waals surface area contributed by atoms with E-state index in [0.29, 0.717) is 0 Å². The molecule has 55 heavy (non-hydrogen) atoms. The van der Waals surface area contributed by atoms with Gasteiger partial charge >= 0.3 is 0 Å². The van der Waals surface area contributed by atoms with Crippen molar-refractivity contribution >= 4 is 76.4 Å². The summed E-state index contributed by atoms with van der Waals surface area (Å²) in [6.07, 6.45) is 0. The molecule has 0 fully saturated rings. The van der Waals surface area contributed by atoms with Crippen LogP contribution in [-0.4, -0.2) is 0 Å². The Balaban J connectivity index is 1.32. The molecule has 9 aromatic carbocycles. The molecular formula is C52H36N2S. The average molecular weight is 721 g/mol. The van der Waals surface area contributed by atoms with Crippen molar-refractivity contribution in [2.24, 2.45) is 0 Å². The lowest BCUT2D eigenvalue weighted by Crippen LogP contribution is -2.14. The highest BCUT2D eigenvalue weighted by Crippen LogP contribution is 2.51. The fourth-order valence-corrected chi connectivity index (χ4v) is 9.09. The molecule has 0 aliphatic carbocycles. The fourth-order valence-electron chi connectivity index (χ4n) is 7.88. The van der Waals surface area contributed by atoms with Crippen molar-refractivity contribution in [3.63, 3.8) is 0 Å². The molecule has 260 valence electrons. The number of nitrogens with zero attached hydrogens (tertiary/aromatic N) is 2. The van der Waals surface area contributed by atoms with Gasteiger partial charge in [0.25, 0.3) is 0 Å². The summed E-state index contributed by atoms with van der Waals surface area (Å²) in [6, 6.07) is 78.9. The lowest BCUT2D eigenvalue weighted by molar-refractivity contribution is 1.26. The van der Waals surface area contributed by atoms with E-state index in [1.807, 2.05) is 11.3 Å². The van der Waals surface area contributed by atoms with Crippen LogP contribution < -0.4 is 9.80 Å². The zero-order valence-electron chi connectivity index (χ0n) is 30.1. The van der Waals surface area contributed by atoms with E-state index in [4.69, 9.17) is 0 Å². The molecule has 1 aromatic heterocycles. The molecule has 0 saturated heterocycles. The van der Waals surface area contributed by atoms with Gasteiger partial charge in [0, 0.05) is 43.7 Å². The van der Waals surface area contributed by atoms with Gasteiger partial charge in [0.2, 0.25) is 0 Å². The number of fused-ring (bicyclic) bond motifs is 4. The maximum atomic E-state index is 2.47. The fraction of sp³-hybridized carbons (Fsp3) is 0. The van der Waals surface area contributed by atoms with Gasteiger partial charge in [-0.2, -0.15) is 0 Å². The lowest BCUT2D eigenvalue weighted by Gasteiger charge is -2.32. The molecule has 0 spiro atoms. The largest absolute Gasteiger partial charge is 0.310 e. The second-order valence-corrected chi connectivity index (χ2v) is 14.8. The minimum absolute atomic E-state index is 1.09. The summed E-state index contributed by atoms with van der Waals surface area (Å²) in [5.74, 6) is 0. The second kappa shape index (κ2) is 14.1. The zero-order chi connectivity index (χ0) is 36.6. The summed E-state index contributed by atoms with van der Waals surface area (Å²) in [4.78, 5) is 4.90. The van der Waals surface area contributed by atoms with Crippen molar-refractivity contribution in [3.8, 4) is 22.3 Å². The van der Waals surface area contributed by atoms with Crippen LogP contribution in [0.2, 0.25) is 0 Å². The van der Waals surface area contributed by atoms with Gasteiger partial charge < -0.3 is 9.80 Å². The van der Waals surface area contributed by atoms with Gasteiger partial charge in [-0.3, -0.25) is 0 Å². The number of thiophene rings is 1. The molecule has 0 aliphatic heterocycles. The number of para-hydroxylation sites is 4. The van der Waals surface area contributed by atoms with Crippen LogP contribution in [0.15, 0.2) is 218 Å². The molecule has 0 unspecified atom stereocenters. The average Bonchev–Trinajstić information content (AvgIpc) is 3.62. The maximum Gasteiger partial charge on any atom is 0.0661 e. The number of rotatable bonds is 8. The van der Waals surface area contributed by atoms with Gasteiger partial charge in [-0.15, -0.1) is 11.3 Å². The lowest BCUT2D eigenvalue weighted by atomic mass is 10.00. The number of anilines is 6. The molecular weight excluding hydrogens is 685 g/mol. The van der Waals surface area contributed by atoms with E-state index >= 15 is 0 Å². The van der Waals surface area contributed by atoms with Crippen LogP contribution in [0.25, 0.3) is 53.2 Å². The molecule has 10 aromatic rings. The molecule has 2 nitrogen and oxygen atoms in total. The van der Waals surface area contributed by atoms with Crippen molar-refractivity contribution in [2.75, 3.05) is 9.80 Å². The molecule has 0 amide bonds. The Labute approximate surface area is 325 Å². The van der Waals surface area contributed by atoms with Crippen LogP contribution in [0.1, 0.15) is 0 Å². The highest BCUT2D eigenvalue weighted by molar-refractivity contribution is 7.26. The SMILES string of the molecule is c1ccc(-c2ccccc2N(c2ccccc2)c2cc(N(c3ccccc3)c3ccccc3-c3ccccc3)c3sc4cc5ccccc5cc4c3c2)cc1. The van der Waals surface area contributed by atoms with Gasteiger partial charge in [-0.25, -0.2) is 0 Å². The molecule has 10 rings (SSSR count). The molecule has 0 bridgehead atoms. The predicted molar refractivity (Wildman–Crippen MR) is 237 cm³/mol. The Bertz CT molecular complexity index is 2920. The Kier molecular flexibility index (Phi) is 8.40. The van der Waals surface area contributed by atoms with Crippen LogP contribution in [0.3, 0.4) is 0 Å². The summed E-state index contributed by atoms with van der Waals surface area (Å²) < 4.78 is 2.51. The first-order valence-corrected chi connectivity index (χ1v) is 19.5. The third-order valence-electron chi connectivity index (χ3n) is 10.4. The van der Waals surface area contributed by atoms with Crippen LogP contribution in [0.4, 0.5) is 34.1 Å². The molecule has 0 radical (unpaired) electrons. The smallest absolute Gasteiger partial charge is 0.0661 e.